The van der Waals surface area contributed by atoms with Crippen molar-refractivity contribution in [3.63, 3.8) is 0 Å². The normalized spacial score (nSPS) is 40.0. The number of nitrogens with zero attached hydrogens (tertiary/aromatic N) is 1. The predicted molar refractivity (Wildman–Crippen MR) is 186 cm³/mol. The molecule has 1 aromatic carbocycles. The number of ketones is 2. The molecule has 274 valence electrons. The second-order valence-corrected chi connectivity index (χ2v) is 15.0. The summed E-state index contributed by atoms with van der Waals surface area (Å²) in [5.74, 6) is -2.61. The quantitative estimate of drug-likeness (QED) is 0.240. The fourth-order valence-electron chi connectivity index (χ4n) is 7.57. The van der Waals surface area contributed by atoms with Crippen LogP contribution in [-0.4, -0.2) is 94.8 Å². The van der Waals surface area contributed by atoms with E-state index in [2.05, 4.69) is 24.8 Å². The summed E-state index contributed by atoms with van der Waals surface area (Å²) < 4.78 is 25.1. The molecule has 0 bridgehead atoms. The van der Waals surface area contributed by atoms with Gasteiger partial charge in [0.1, 0.15) is 23.4 Å². The SMILES string of the molecule is C#Cc1ccc(CN(C)[C@H]2C[C@@H](C)O[C@@H](O[C@@H]3[C@@H](C)C(=O)[C@@H](C)C(=O)O[C@H](CC)[C@@](C)(O)[C@H](O)[C@@H](C)C(=O)C[C@@H](C)[C@@]3(C)OC)[C@@H]2C)cc1. The zero-order valence-electron chi connectivity index (χ0n) is 31.3. The standard InChI is InChI=1S/C39H59NO9/c1-13-28-15-17-29(18-16-28)21-40(11)30-20-23(4)47-37(24(30)5)49-35-26(7)33(42)27(8)36(44)48-32(14-2)38(9,45)34(43)25(6)31(41)19-22(3)39(35,10)46-12/h1,15-18,22-27,30,32,34-35,37,43,45H,14,19-21H2,2-12H3/t22-,23-,24-,25+,26+,27-,30+,32-,34-,35-,37+,38-,39-/m1/s1. The number of cyclic esters (lactones) is 1. The second kappa shape index (κ2) is 16.6. The van der Waals surface area contributed by atoms with Crippen molar-refractivity contribution in [2.75, 3.05) is 14.2 Å². The summed E-state index contributed by atoms with van der Waals surface area (Å²) in [5.41, 5.74) is -1.20. The molecule has 2 saturated heterocycles. The molecule has 0 aliphatic carbocycles. The van der Waals surface area contributed by atoms with Crippen LogP contribution in [0.4, 0.5) is 0 Å². The third-order valence-electron chi connectivity index (χ3n) is 11.4. The lowest BCUT2D eigenvalue weighted by Crippen LogP contribution is -2.59. The monoisotopic (exact) mass is 685 g/mol. The number of hydrogen-bond acceptors (Lipinski definition) is 10. The van der Waals surface area contributed by atoms with Gasteiger partial charge in [-0.1, -0.05) is 52.7 Å². The molecule has 3 rings (SSSR count). The van der Waals surface area contributed by atoms with E-state index in [9.17, 15) is 24.6 Å². The molecule has 2 aliphatic rings. The molecule has 13 atom stereocenters. The number of aliphatic hydroxyl groups is 2. The summed E-state index contributed by atoms with van der Waals surface area (Å²) in [6.45, 7) is 16.2. The summed E-state index contributed by atoms with van der Waals surface area (Å²) in [5, 5.41) is 22.5. The van der Waals surface area contributed by atoms with Crippen molar-refractivity contribution in [2.24, 2.45) is 29.6 Å². The van der Waals surface area contributed by atoms with Crippen LogP contribution in [0.1, 0.15) is 92.7 Å². The average Bonchev–Trinajstić information content (AvgIpc) is 3.08. The van der Waals surface area contributed by atoms with Gasteiger partial charge >= 0.3 is 5.97 Å². The van der Waals surface area contributed by atoms with E-state index in [0.29, 0.717) is 6.54 Å². The maximum Gasteiger partial charge on any atom is 0.316 e. The van der Waals surface area contributed by atoms with Gasteiger partial charge in [0.25, 0.3) is 0 Å². The molecule has 10 nitrogen and oxygen atoms in total. The number of methoxy groups -OCH3 is 1. The molecule has 2 heterocycles. The Hall–Kier alpha value is -2.65. The molecular weight excluding hydrogens is 626 g/mol. The highest BCUT2D eigenvalue weighted by atomic mass is 16.7. The molecule has 2 fully saturated rings. The molecule has 2 aliphatic heterocycles. The summed E-state index contributed by atoms with van der Waals surface area (Å²) >= 11 is 0. The first-order valence-corrected chi connectivity index (χ1v) is 17.6. The minimum absolute atomic E-state index is 0.0210. The Morgan fingerprint density at radius 3 is 2.20 bits per heavy atom. The van der Waals surface area contributed by atoms with Crippen molar-refractivity contribution >= 4 is 17.5 Å². The fourth-order valence-corrected chi connectivity index (χ4v) is 7.57. The maximum absolute atomic E-state index is 14.1. The molecule has 0 aromatic heterocycles. The summed E-state index contributed by atoms with van der Waals surface area (Å²) in [6.07, 6.45) is 1.94. The Morgan fingerprint density at radius 2 is 1.65 bits per heavy atom. The van der Waals surface area contributed by atoms with E-state index in [0.717, 1.165) is 17.5 Å². The summed E-state index contributed by atoms with van der Waals surface area (Å²) in [6, 6.07) is 7.97. The van der Waals surface area contributed by atoms with Gasteiger partial charge in [0.2, 0.25) is 0 Å². The number of carbonyl (C=O) groups excluding carboxylic acids is 3. The van der Waals surface area contributed by atoms with Gasteiger partial charge in [0.15, 0.2) is 12.1 Å². The molecule has 0 amide bonds. The van der Waals surface area contributed by atoms with Crippen LogP contribution in [0.25, 0.3) is 0 Å². The van der Waals surface area contributed by atoms with E-state index in [1.807, 2.05) is 38.1 Å². The lowest BCUT2D eigenvalue weighted by atomic mass is 9.73. The molecule has 2 N–H and O–H groups in total. The van der Waals surface area contributed by atoms with Crippen LogP contribution >= 0.6 is 0 Å². The lowest BCUT2D eigenvalue weighted by Gasteiger charge is -2.49. The zero-order valence-corrected chi connectivity index (χ0v) is 31.3. The van der Waals surface area contributed by atoms with Crippen molar-refractivity contribution in [3.05, 3.63) is 35.4 Å². The number of benzene rings is 1. The van der Waals surface area contributed by atoms with Gasteiger partial charge in [-0.25, -0.2) is 0 Å². The Bertz CT molecular complexity index is 1340. The van der Waals surface area contributed by atoms with Crippen molar-refractivity contribution < 1.29 is 43.5 Å². The Labute approximate surface area is 293 Å². The van der Waals surface area contributed by atoms with Gasteiger partial charge in [-0.05, 0) is 71.2 Å². The zero-order chi connectivity index (χ0) is 37.0. The highest BCUT2D eigenvalue weighted by molar-refractivity contribution is 6.00. The number of aliphatic hydroxyl groups excluding tert-OH is 1. The van der Waals surface area contributed by atoms with Crippen LogP contribution in [0.2, 0.25) is 0 Å². The molecule has 0 saturated carbocycles. The van der Waals surface area contributed by atoms with Gasteiger partial charge in [-0.3, -0.25) is 19.3 Å². The molecular formula is C39H59NO9. The largest absolute Gasteiger partial charge is 0.459 e. The molecule has 0 radical (unpaired) electrons. The van der Waals surface area contributed by atoms with Gasteiger partial charge in [0, 0.05) is 49.4 Å². The van der Waals surface area contributed by atoms with Crippen LogP contribution < -0.4 is 0 Å². The van der Waals surface area contributed by atoms with Crippen molar-refractivity contribution in [2.45, 2.75) is 136 Å². The number of rotatable bonds is 7. The lowest BCUT2D eigenvalue weighted by molar-refractivity contribution is -0.286. The van der Waals surface area contributed by atoms with Crippen LogP contribution in [-0.2, 0) is 39.9 Å². The van der Waals surface area contributed by atoms with Crippen molar-refractivity contribution in [1.29, 1.82) is 0 Å². The highest BCUT2D eigenvalue weighted by Crippen LogP contribution is 2.40. The fraction of sp³-hybridized carbons (Fsp3) is 0.718. The number of hydrogen-bond donors (Lipinski definition) is 2. The third kappa shape index (κ3) is 8.81. The Kier molecular flexibility index (Phi) is 13.8. The summed E-state index contributed by atoms with van der Waals surface area (Å²) in [4.78, 5) is 43.5. The molecule has 0 unspecified atom stereocenters. The van der Waals surface area contributed by atoms with Gasteiger partial charge < -0.3 is 29.2 Å². The first-order valence-electron chi connectivity index (χ1n) is 17.6. The second-order valence-electron chi connectivity index (χ2n) is 15.0. The first kappa shape index (κ1) is 40.8. The molecule has 49 heavy (non-hydrogen) atoms. The predicted octanol–water partition coefficient (Wildman–Crippen LogP) is 4.55. The van der Waals surface area contributed by atoms with Crippen LogP contribution in [0.15, 0.2) is 24.3 Å². The van der Waals surface area contributed by atoms with E-state index in [-0.39, 0.29) is 36.7 Å². The molecule has 1 aromatic rings. The number of carbonyl (C=O) groups is 3. The van der Waals surface area contributed by atoms with Gasteiger partial charge in [-0.2, -0.15) is 0 Å². The van der Waals surface area contributed by atoms with Crippen molar-refractivity contribution in [1.82, 2.24) is 4.90 Å². The number of Topliss-reactive ketones (excluding diaryl/α,β-unsaturated/α-hetero) is 2. The van der Waals surface area contributed by atoms with Crippen LogP contribution in [0, 0.1) is 41.9 Å². The highest BCUT2D eigenvalue weighted by Gasteiger charge is 2.52. The van der Waals surface area contributed by atoms with Crippen LogP contribution in [0.5, 0.6) is 0 Å². The van der Waals surface area contributed by atoms with E-state index in [4.69, 9.17) is 25.4 Å². The third-order valence-corrected chi connectivity index (χ3v) is 11.4. The first-order chi connectivity index (χ1) is 22.8. The van der Waals surface area contributed by atoms with E-state index >= 15 is 0 Å². The molecule has 10 heteroatoms. The Morgan fingerprint density at radius 1 is 1.04 bits per heavy atom. The molecule has 0 spiro atoms. The van der Waals surface area contributed by atoms with Gasteiger partial charge in [-0.15, -0.1) is 6.42 Å². The minimum Gasteiger partial charge on any atom is -0.459 e. The van der Waals surface area contributed by atoms with Crippen LogP contribution in [0.3, 0.4) is 0 Å². The minimum atomic E-state index is -1.93. The number of esters is 1. The Balaban J connectivity index is 2.01. The van der Waals surface area contributed by atoms with E-state index < -0.39 is 71.2 Å². The topological polar surface area (TPSA) is 132 Å². The maximum atomic E-state index is 14.1. The van der Waals surface area contributed by atoms with Crippen molar-refractivity contribution in [3.8, 4) is 12.3 Å². The number of ether oxygens (including phenoxy) is 4. The van der Waals surface area contributed by atoms with E-state index in [1.54, 1.807) is 27.7 Å². The summed E-state index contributed by atoms with van der Waals surface area (Å²) in [7, 11) is 3.58. The smallest absolute Gasteiger partial charge is 0.316 e. The number of terminal acetylenes is 1. The average molecular weight is 686 g/mol. The van der Waals surface area contributed by atoms with E-state index in [1.165, 1.54) is 21.0 Å². The van der Waals surface area contributed by atoms with Gasteiger partial charge in [0.05, 0.1) is 23.9 Å².